The second-order valence-electron chi connectivity index (χ2n) is 34.5. The fraction of sp³-hybridized carbons (Fsp3) is 0.443. The van der Waals surface area contributed by atoms with Gasteiger partial charge in [-0.2, -0.15) is 13.2 Å². The Hall–Kier alpha value is -13.3. The van der Waals surface area contributed by atoms with Crippen molar-refractivity contribution in [3.63, 3.8) is 0 Å². The number of carbonyl (C=O) groups excluding carboxylic acids is 16. The van der Waals surface area contributed by atoms with Crippen LogP contribution in [0.1, 0.15) is 125 Å². The minimum atomic E-state index is -4.78. The number of alkyl halides is 3. The topological polar surface area (TPSA) is 453 Å². The molecule has 133 heavy (non-hydrogen) atoms. The number of nitrogens with two attached hydrogens (primary N) is 1. The third-order valence-electron chi connectivity index (χ3n) is 23.4. The van der Waals surface area contributed by atoms with Gasteiger partial charge in [-0.25, -0.2) is 0 Å². The van der Waals surface area contributed by atoms with E-state index in [-0.39, 0.29) is 68.5 Å². The van der Waals surface area contributed by atoms with Crippen LogP contribution >= 0.6 is 11.8 Å². The van der Waals surface area contributed by atoms with Crippen molar-refractivity contribution < 1.29 is 105 Å². The molecule has 1 aromatic heterocycles. The number of aromatic hydroxyl groups is 2. The van der Waals surface area contributed by atoms with E-state index in [0.29, 0.717) is 51.6 Å². The van der Waals surface area contributed by atoms with Crippen LogP contribution in [0, 0.1) is 23.7 Å². The van der Waals surface area contributed by atoms with E-state index in [0.717, 1.165) is 60.5 Å². The lowest BCUT2D eigenvalue weighted by molar-refractivity contribution is -0.151. The molecule has 0 unspecified atom stereocenters. The second kappa shape index (κ2) is 50.4. The van der Waals surface area contributed by atoms with Gasteiger partial charge in [0, 0.05) is 128 Å². The van der Waals surface area contributed by atoms with Crippen molar-refractivity contribution >= 4 is 117 Å². The Morgan fingerprint density at radius 1 is 0.519 bits per heavy atom. The minimum absolute atomic E-state index is 0.00278. The molecule has 8 rings (SSSR count). The number of thioether (sulfide) groups is 1. The summed E-state index contributed by atoms with van der Waals surface area (Å²) in [5.74, 6) is -17.9. The Morgan fingerprint density at radius 3 is 1.56 bits per heavy atom. The molecule has 11 N–H and O–H groups in total. The largest absolute Gasteiger partial charge is 0.508 e. The number of hydrogen-bond donors (Lipinski definition) is 10. The number of rotatable bonds is 25. The van der Waals surface area contributed by atoms with E-state index in [2.05, 4.69) is 36.9 Å². The molecule has 6 aromatic carbocycles. The highest BCUT2D eigenvalue weighted by molar-refractivity contribution is 8.00. The molecule has 7 aromatic rings. The van der Waals surface area contributed by atoms with Crippen molar-refractivity contribution in [3.8, 4) is 11.5 Å². The number of amides is 12. The van der Waals surface area contributed by atoms with Crippen LogP contribution in [0.25, 0.3) is 10.9 Å². The first-order valence-corrected chi connectivity index (χ1v) is 45.2. The Kier molecular flexibility index (Phi) is 39.8. The first-order chi connectivity index (χ1) is 63.1. The third kappa shape index (κ3) is 31.7. The first-order valence-electron chi connectivity index (χ1n) is 44.1. The van der Waals surface area contributed by atoms with Gasteiger partial charge in [-0.3, -0.25) is 76.7 Å². The highest BCUT2D eigenvalue weighted by atomic mass is 32.2. The summed E-state index contributed by atoms with van der Waals surface area (Å²) in [7, 11) is 6.49. The molecule has 12 amide bonds. The maximum atomic E-state index is 15.6. The number of carbonyl (C=O) groups is 16. The zero-order valence-corrected chi connectivity index (χ0v) is 77.1. The SMILES string of the molecule is CCCC[C@H]1C(=O)N(C)CC(=O)C[C@@H](COC=O)C(=O)C[C@@H](C(C)C)C(=O)N(C)[C@@H](Cc2ccccc2)C(=O)N[C@@H](Cc2ccc(O)cc2)C(=O)N(C)CC(=O)N[C@@H](Cc2c[nH]c3ccccc23)C(=O)N[C@@H](Cc2ccc(O)cc2)C(=O)N[C@@H](CC(C)C)C(=O)N[C@H](C(=O)CCC(N)=O)CSCC(=O)N[C@@H](Cc2ccc(C(F)(F)F)cc2)C(=O)N(C)[C@@H](Cc2ccccc2)C(=O)N1C. The fourth-order valence-corrected chi connectivity index (χ4v) is 16.7. The monoisotopic (exact) mass is 1860 g/mol. The van der Waals surface area contributed by atoms with Gasteiger partial charge in [0.25, 0.3) is 6.47 Å². The van der Waals surface area contributed by atoms with E-state index in [4.69, 9.17) is 10.5 Å². The van der Waals surface area contributed by atoms with Gasteiger partial charge in [0.1, 0.15) is 72.2 Å². The number of likely N-dealkylation sites (N-methyl/N-ethyl adjacent to an activating group) is 5. The molecule has 11 atom stereocenters. The number of ketones is 3. The van der Waals surface area contributed by atoms with Crippen LogP contribution in [0.15, 0.2) is 164 Å². The Balaban J connectivity index is 1.22. The lowest BCUT2D eigenvalue weighted by Crippen LogP contribution is -2.59. The Morgan fingerprint density at radius 2 is 1.01 bits per heavy atom. The van der Waals surface area contributed by atoms with Crippen LogP contribution in [0.4, 0.5) is 13.2 Å². The number of primary amides is 1. The van der Waals surface area contributed by atoms with Gasteiger partial charge in [-0.05, 0) is 101 Å². The molecule has 1 aliphatic heterocycles. The molecule has 1 saturated heterocycles. The minimum Gasteiger partial charge on any atom is -0.508 e. The first kappa shape index (κ1) is 105. The molecule has 0 aliphatic carbocycles. The molecular formula is C97H120F3N13O19S. The highest BCUT2D eigenvalue weighted by Crippen LogP contribution is 2.31. The number of ether oxygens (including phenoxy) is 1. The van der Waals surface area contributed by atoms with Gasteiger partial charge in [0.2, 0.25) is 70.9 Å². The number of phenols is 2. The van der Waals surface area contributed by atoms with E-state index in [1.807, 2.05) is 6.92 Å². The molecule has 0 saturated carbocycles. The number of nitrogens with one attached hydrogen (secondary N) is 7. The molecule has 0 spiro atoms. The van der Waals surface area contributed by atoms with Crippen molar-refractivity contribution in [2.75, 3.05) is 66.4 Å². The lowest BCUT2D eigenvalue weighted by Gasteiger charge is -2.37. The molecule has 2 heterocycles. The molecule has 0 radical (unpaired) electrons. The van der Waals surface area contributed by atoms with E-state index in [9.17, 15) is 56.9 Å². The van der Waals surface area contributed by atoms with Crippen LogP contribution in [0.5, 0.6) is 11.5 Å². The maximum Gasteiger partial charge on any atom is 0.416 e. The smallest absolute Gasteiger partial charge is 0.416 e. The summed E-state index contributed by atoms with van der Waals surface area (Å²) in [5, 5.41) is 37.8. The quantitative estimate of drug-likeness (QED) is 0.0274. The van der Waals surface area contributed by atoms with Crippen molar-refractivity contribution in [3.05, 3.63) is 203 Å². The van der Waals surface area contributed by atoms with Crippen molar-refractivity contribution in [1.29, 1.82) is 0 Å². The van der Waals surface area contributed by atoms with Crippen LogP contribution < -0.4 is 37.6 Å². The molecule has 0 bridgehead atoms. The Labute approximate surface area is 774 Å². The summed E-state index contributed by atoms with van der Waals surface area (Å²) in [6.07, 6.45) is -6.45. The maximum absolute atomic E-state index is 15.6. The number of phenolic OH excluding ortho intramolecular Hbond substituents is 2. The van der Waals surface area contributed by atoms with Crippen LogP contribution in [-0.2, 0) is 126 Å². The number of unbranched alkanes of at least 4 members (excludes halogenated alkanes) is 1. The number of halogens is 3. The van der Waals surface area contributed by atoms with E-state index >= 15 is 43.2 Å². The number of aromatic nitrogens is 1. The second-order valence-corrected chi connectivity index (χ2v) is 35.5. The number of fused-ring (bicyclic) bond motifs is 1. The van der Waals surface area contributed by atoms with Gasteiger partial charge in [0.05, 0.1) is 36.4 Å². The predicted octanol–water partition coefficient (Wildman–Crippen LogP) is 6.46. The average molecular weight is 1860 g/mol. The van der Waals surface area contributed by atoms with E-state index in [1.54, 1.807) is 119 Å². The van der Waals surface area contributed by atoms with E-state index in [1.165, 1.54) is 83.8 Å². The number of Topliss-reactive ketones (excluding diaryl/α,β-unsaturated/α-hetero) is 3. The van der Waals surface area contributed by atoms with Gasteiger partial charge in [0.15, 0.2) is 11.6 Å². The molecule has 1 aliphatic rings. The fourth-order valence-electron chi connectivity index (χ4n) is 15.8. The lowest BCUT2D eigenvalue weighted by atomic mass is 9.84. The Bertz CT molecular complexity index is 5200. The van der Waals surface area contributed by atoms with Crippen molar-refractivity contribution in [2.45, 2.75) is 185 Å². The zero-order chi connectivity index (χ0) is 97.5. The number of H-pyrrole nitrogens is 1. The number of benzene rings is 6. The summed E-state index contributed by atoms with van der Waals surface area (Å²) in [6.45, 7) is 6.52. The summed E-state index contributed by atoms with van der Waals surface area (Å²) in [4.78, 5) is 244. The molecular weight excluding hydrogens is 1740 g/mol. The van der Waals surface area contributed by atoms with Gasteiger partial charge in [-0.15, -0.1) is 11.8 Å². The number of aromatic amines is 1. The molecule has 1 fully saturated rings. The van der Waals surface area contributed by atoms with Crippen LogP contribution in [-0.4, -0.2) is 255 Å². The number of hydrogen-bond acceptors (Lipinski definition) is 20. The van der Waals surface area contributed by atoms with Crippen molar-refractivity contribution in [2.24, 2.45) is 29.4 Å². The van der Waals surface area contributed by atoms with E-state index < -0.39 is 241 Å². The van der Waals surface area contributed by atoms with Crippen molar-refractivity contribution in [1.82, 2.24) is 61.4 Å². The molecule has 32 nitrogen and oxygen atoms in total. The van der Waals surface area contributed by atoms with Gasteiger partial charge in [-0.1, -0.05) is 163 Å². The number of nitrogens with zero attached hydrogens (tertiary/aromatic N) is 5. The number of para-hydroxylation sites is 1. The van der Waals surface area contributed by atoms with Crippen LogP contribution in [0.2, 0.25) is 0 Å². The molecule has 714 valence electrons. The van der Waals surface area contributed by atoms with Crippen LogP contribution in [0.3, 0.4) is 0 Å². The standard InChI is InChI=1S/C97H120F3N13O19S/c1-11-12-27-80-95(130)109(6)52-70(117)48-66(54-132-57-114)84(119)50-72(59(4)5)92(127)112(9)81(46-60-21-15-13-16-22-60)91(126)107-77(44-64-32-38-69(116)39-33-64)93(128)110(7)53-86(121)103-76(49-65-51-102-73-26-20-19-25-71(65)73)90(125)106-75(43-63-30-36-68(115)37-31-63)89(124)105-74(42-58(2)3)88(123)108-79(83(118)40-41-85(101)120)55-133-56-87(122)104-78(45-62-28-34-67(35-29-62)97(98,99)100)94(129)113(10)82(96(131)111(80)8)47-61-23-17-14-18-24-61/h13-26,28-39,51,57-59,66,72,74-82,102,115-116H,11-12,27,40-50,52-56H2,1-10H3,(H2,101,120)(H,103,121)(H,104,122)(H,105,124)(H,106,125)(H,107,126)(H,108,123)/t66-,72-,74-,75-,76-,77-,78-,79-,80-,81-,82-/m0/s1. The zero-order valence-electron chi connectivity index (χ0n) is 76.3. The summed E-state index contributed by atoms with van der Waals surface area (Å²) >= 11 is 0.761. The average Bonchev–Trinajstić information content (AvgIpc) is 1.78. The summed E-state index contributed by atoms with van der Waals surface area (Å²) < 4.78 is 47.3. The third-order valence-corrected chi connectivity index (χ3v) is 24.4. The highest BCUT2D eigenvalue weighted by Gasteiger charge is 2.43. The predicted molar refractivity (Wildman–Crippen MR) is 490 cm³/mol. The summed E-state index contributed by atoms with van der Waals surface area (Å²) in [5.41, 5.74) is 7.58. The van der Waals surface area contributed by atoms with Gasteiger partial charge < -0.3 is 82.1 Å². The summed E-state index contributed by atoms with van der Waals surface area (Å²) in [6, 6.07) is 25.2. The normalized spacial score (nSPS) is 21.9. The molecule has 36 heteroatoms. The van der Waals surface area contributed by atoms with Gasteiger partial charge >= 0.3 is 6.18 Å².